The van der Waals surface area contributed by atoms with Gasteiger partial charge in [-0.15, -0.1) is 0 Å². The van der Waals surface area contributed by atoms with Gasteiger partial charge in [-0.25, -0.2) is 0 Å². The highest BCUT2D eigenvalue weighted by Crippen LogP contribution is 2.34. The van der Waals surface area contributed by atoms with Gasteiger partial charge >= 0.3 is 0 Å². The van der Waals surface area contributed by atoms with Crippen LogP contribution in [0.1, 0.15) is 51.1 Å². The molecule has 2 unspecified atom stereocenters. The summed E-state index contributed by atoms with van der Waals surface area (Å²) in [4.78, 5) is 0. The molecule has 2 heteroatoms. The van der Waals surface area contributed by atoms with Gasteiger partial charge in [0.2, 0.25) is 0 Å². The van der Waals surface area contributed by atoms with Crippen LogP contribution in [0.5, 0.6) is 0 Å². The molecule has 94 valence electrons. The minimum absolute atomic E-state index is 0.441. The van der Waals surface area contributed by atoms with Crippen LogP contribution in [-0.4, -0.2) is 6.04 Å². The Morgan fingerprint density at radius 3 is 2.76 bits per heavy atom. The molecule has 0 heterocycles. The van der Waals surface area contributed by atoms with E-state index < -0.39 is 0 Å². The first-order chi connectivity index (χ1) is 8.19. The average molecular weight is 296 g/mol. The Balaban J connectivity index is 1.91. The summed E-state index contributed by atoms with van der Waals surface area (Å²) in [7, 11) is 0. The standard InChI is InChI=1S/C15H22BrN/c1-3-15(9-12-7-8-12)17-11(2)13-5-4-6-14(16)10-13/h4-6,10-12,15,17H,3,7-9H2,1-2H3. The van der Waals surface area contributed by atoms with Gasteiger partial charge in [0.1, 0.15) is 0 Å². The van der Waals surface area contributed by atoms with E-state index in [9.17, 15) is 0 Å². The Hall–Kier alpha value is -0.340. The van der Waals surface area contributed by atoms with E-state index in [0.29, 0.717) is 12.1 Å². The van der Waals surface area contributed by atoms with Crippen LogP contribution in [0.2, 0.25) is 0 Å². The predicted octanol–water partition coefficient (Wildman–Crippen LogP) is 4.68. The SMILES string of the molecule is CCC(CC1CC1)NC(C)c1cccc(Br)c1. The van der Waals surface area contributed by atoms with E-state index in [1.807, 2.05) is 0 Å². The maximum Gasteiger partial charge on any atom is 0.0294 e. The zero-order valence-corrected chi connectivity index (χ0v) is 12.3. The number of rotatable bonds is 6. The lowest BCUT2D eigenvalue weighted by Gasteiger charge is -2.22. The molecule has 2 atom stereocenters. The Labute approximate surface area is 113 Å². The third-order valence-electron chi connectivity index (χ3n) is 3.64. The quantitative estimate of drug-likeness (QED) is 0.804. The molecule has 0 aromatic heterocycles. The Bertz CT molecular complexity index is 360. The van der Waals surface area contributed by atoms with Crippen LogP contribution < -0.4 is 5.32 Å². The van der Waals surface area contributed by atoms with Crippen molar-refractivity contribution in [3.05, 3.63) is 34.3 Å². The van der Waals surface area contributed by atoms with Crippen LogP contribution in [0.3, 0.4) is 0 Å². The van der Waals surface area contributed by atoms with Gasteiger partial charge in [-0.05, 0) is 43.4 Å². The van der Waals surface area contributed by atoms with Gasteiger partial charge in [-0.3, -0.25) is 0 Å². The van der Waals surface area contributed by atoms with Gasteiger partial charge in [0.05, 0.1) is 0 Å². The van der Waals surface area contributed by atoms with Crippen LogP contribution in [-0.2, 0) is 0 Å². The van der Waals surface area contributed by atoms with Crippen molar-refractivity contribution in [3.8, 4) is 0 Å². The normalized spacial score (nSPS) is 19.0. The lowest BCUT2D eigenvalue weighted by atomic mass is 10.0. The maximum atomic E-state index is 3.76. The Morgan fingerprint density at radius 2 is 2.18 bits per heavy atom. The van der Waals surface area contributed by atoms with E-state index in [1.165, 1.54) is 35.7 Å². The Kier molecular flexibility index (Phi) is 4.63. The van der Waals surface area contributed by atoms with Gasteiger partial charge in [-0.1, -0.05) is 47.8 Å². The van der Waals surface area contributed by atoms with Crippen LogP contribution in [0, 0.1) is 5.92 Å². The third kappa shape index (κ3) is 4.11. The smallest absolute Gasteiger partial charge is 0.0294 e. The van der Waals surface area contributed by atoms with E-state index in [0.717, 1.165) is 5.92 Å². The molecule has 1 saturated carbocycles. The van der Waals surface area contributed by atoms with Crippen molar-refractivity contribution in [2.45, 2.75) is 51.6 Å². The summed E-state index contributed by atoms with van der Waals surface area (Å²) >= 11 is 3.54. The summed E-state index contributed by atoms with van der Waals surface area (Å²) in [6.07, 6.45) is 5.48. The minimum atomic E-state index is 0.441. The second kappa shape index (κ2) is 6.01. The number of halogens is 1. The summed E-state index contributed by atoms with van der Waals surface area (Å²) in [6, 6.07) is 9.72. The number of benzene rings is 1. The fourth-order valence-corrected chi connectivity index (χ4v) is 2.75. The third-order valence-corrected chi connectivity index (χ3v) is 4.14. The van der Waals surface area contributed by atoms with E-state index >= 15 is 0 Å². The van der Waals surface area contributed by atoms with Gasteiger partial charge in [0.15, 0.2) is 0 Å². The lowest BCUT2D eigenvalue weighted by molar-refractivity contribution is 0.404. The maximum absolute atomic E-state index is 3.76. The molecule has 0 amide bonds. The van der Waals surface area contributed by atoms with Crippen molar-refractivity contribution in [2.24, 2.45) is 5.92 Å². The van der Waals surface area contributed by atoms with Crippen LogP contribution >= 0.6 is 15.9 Å². The van der Waals surface area contributed by atoms with Gasteiger partial charge in [0, 0.05) is 16.6 Å². The molecule has 17 heavy (non-hydrogen) atoms. The second-order valence-electron chi connectivity index (χ2n) is 5.23. The van der Waals surface area contributed by atoms with Gasteiger partial charge in [-0.2, -0.15) is 0 Å². The molecule has 1 aromatic carbocycles. The highest BCUT2D eigenvalue weighted by Gasteiger charge is 2.25. The fraction of sp³-hybridized carbons (Fsp3) is 0.600. The van der Waals surface area contributed by atoms with Crippen molar-refractivity contribution in [2.75, 3.05) is 0 Å². The molecule has 1 aliphatic rings. The molecule has 1 fully saturated rings. The lowest BCUT2D eigenvalue weighted by Crippen LogP contribution is -2.31. The van der Waals surface area contributed by atoms with Crippen LogP contribution in [0.25, 0.3) is 0 Å². The zero-order valence-electron chi connectivity index (χ0n) is 10.7. The van der Waals surface area contributed by atoms with Gasteiger partial charge in [0.25, 0.3) is 0 Å². The van der Waals surface area contributed by atoms with Crippen molar-refractivity contribution in [1.82, 2.24) is 5.32 Å². The highest BCUT2D eigenvalue weighted by molar-refractivity contribution is 9.10. The molecule has 0 radical (unpaired) electrons. The molecule has 0 spiro atoms. The van der Waals surface area contributed by atoms with Crippen molar-refractivity contribution < 1.29 is 0 Å². The second-order valence-corrected chi connectivity index (χ2v) is 6.14. The largest absolute Gasteiger partial charge is 0.307 e. The van der Waals surface area contributed by atoms with E-state index in [4.69, 9.17) is 0 Å². The summed E-state index contributed by atoms with van der Waals surface area (Å²) < 4.78 is 1.17. The summed E-state index contributed by atoms with van der Waals surface area (Å²) in [5.74, 6) is 1.00. The molecule has 1 aliphatic carbocycles. The molecular formula is C15H22BrN. The molecule has 1 nitrogen and oxygen atoms in total. The first-order valence-corrected chi connectivity index (χ1v) is 7.50. The topological polar surface area (TPSA) is 12.0 Å². The highest BCUT2D eigenvalue weighted by atomic mass is 79.9. The average Bonchev–Trinajstić information content (AvgIpc) is 3.12. The molecule has 2 rings (SSSR count). The fourth-order valence-electron chi connectivity index (χ4n) is 2.33. The number of hydrogen-bond acceptors (Lipinski definition) is 1. The molecule has 0 saturated heterocycles. The molecular weight excluding hydrogens is 274 g/mol. The first-order valence-electron chi connectivity index (χ1n) is 6.70. The molecule has 1 aromatic rings. The van der Waals surface area contributed by atoms with E-state index in [-0.39, 0.29) is 0 Å². The number of hydrogen-bond donors (Lipinski definition) is 1. The van der Waals surface area contributed by atoms with E-state index in [2.05, 4.69) is 59.4 Å². The summed E-state index contributed by atoms with van der Waals surface area (Å²) in [6.45, 7) is 4.55. The summed E-state index contributed by atoms with van der Waals surface area (Å²) in [5.41, 5.74) is 1.37. The van der Waals surface area contributed by atoms with Gasteiger partial charge < -0.3 is 5.32 Å². The number of nitrogens with one attached hydrogen (secondary N) is 1. The van der Waals surface area contributed by atoms with Crippen molar-refractivity contribution in [3.63, 3.8) is 0 Å². The predicted molar refractivity (Wildman–Crippen MR) is 77.1 cm³/mol. The van der Waals surface area contributed by atoms with Crippen LogP contribution in [0.15, 0.2) is 28.7 Å². The van der Waals surface area contributed by atoms with E-state index in [1.54, 1.807) is 0 Å². The van der Waals surface area contributed by atoms with Crippen molar-refractivity contribution in [1.29, 1.82) is 0 Å². The zero-order chi connectivity index (χ0) is 12.3. The molecule has 0 aliphatic heterocycles. The molecule has 1 N–H and O–H groups in total. The Morgan fingerprint density at radius 1 is 1.41 bits per heavy atom. The molecule has 0 bridgehead atoms. The summed E-state index contributed by atoms with van der Waals surface area (Å²) in [5, 5.41) is 3.76. The van der Waals surface area contributed by atoms with Crippen molar-refractivity contribution >= 4 is 15.9 Å². The van der Waals surface area contributed by atoms with Crippen LogP contribution in [0.4, 0.5) is 0 Å². The monoisotopic (exact) mass is 295 g/mol. The minimum Gasteiger partial charge on any atom is -0.307 e. The first kappa shape index (κ1) is 13.1.